The van der Waals surface area contributed by atoms with Gasteiger partial charge in [-0.1, -0.05) is 0 Å². The van der Waals surface area contributed by atoms with Crippen molar-refractivity contribution in [1.29, 1.82) is 0 Å². The molecule has 0 aromatic carbocycles. The number of hydrogen-bond donors (Lipinski definition) is 0. The lowest BCUT2D eigenvalue weighted by atomic mass is 9.59. The molecule has 0 radical (unpaired) electrons. The number of methoxy groups -OCH3 is 2. The highest BCUT2D eigenvalue weighted by molar-refractivity contribution is 6.47. The van der Waals surface area contributed by atoms with E-state index >= 15 is 0 Å². The second kappa shape index (κ2) is 5.73. The van der Waals surface area contributed by atoms with Gasteiger partial charge in [-0.15, -0.1) is 0 Å². The standard InChI is InChI=1S/C17H27BO6/c1-16(2)17(3,4)24-18(23-16)11-8-9-7-10(11)13(15(20)22-6)12(9)14(19)21-5/h9-13H,7-8H2,1-6H3. The molecule has 0 spiro atoms. The summed E-state index contributed by atoms with van der Waals surface area (Å²) < 4.78 is 22.3. The van der Waals surface area contributed by atoms with Crippen LogP contribution in [0.5, 0.6) is 0 Å². The van der Waals surface area contributed by atoms with Crippen LogP contribution in [0.15, 0.2) is 0 Å². The number of esters is 2. The molecule has 2 saturated carbocycles. The van der Waals surface area contributed by atoms with Gasteiger partial charge in [-0.05, 0) is 58.2 Å². The number of fused-ring (bicyclic) bond motifs is 2. The van der Waals surface area contributed by atoms with Crippen molar-refractivity contribution in [2.75, 3.05) is 14.2 Å². The fraction of sp³-hybridized carbons (Fsp3) is 0.882. The lowest BCUT2D eigenvalue weighted by Crippen LogP contribution is -2.42. The smallest absolute Gasteiger partial charge is 0.461 e. The zero-order chi connectivity index (χ0) is 17.9. The summed E-state index contributed by atoms with van der Waals surface area (Å²) in [6.07, 6.45) is 1.63. The lowest BCUT2D eigenvalue weighted by Gasteiger charge is -2.33. The first-order chi connectivity index (χ1) is 11.1. The first kappa shape index (κ1) is 17.7. The maximum Gasteiger partial charge on any atom is 0.461 e. The van der Waals surface area contributed by atoms with Gasteiger partial charge in [-0.25, -0.2) is 0 Å². The van der Waals surface area contributed by atoms with Crippen LogP contribution in [-0.4, -0.2) is 44.5 Å². The molecule has 3 aliphatic rings. The Morgan fingerprint density at radius 2 is 1.42 bits per heavy atom. The van der Waals surface area contributed by atoms with Crippen molar-refractivity contribution in [2.45, 2.75) is 57.6 Å². The molecule has 1 aliphatic heterocycles. The molecule has 2 aliphatic carbocycles. The summed E-state index contributed by atoms with van der Waals surface area (Å²) in [6.45, 7) is 8.09. The molecule has 1 heterocycles. The van der Waals surface area contributed by atoms with Gasteiger partial charge in [-0.3, -0.25) is 9.59 Å². The van der Waals surface area contributed by atoms with Crippen molar-refractivity contribution in [2.24, 2.45) is 23.7 Å². The molecule has 134 valence electrons. The molecule has 1 saturated heterocycles. The molecule has 0 amide bonds. The Balaban J connectivity index is 1.83. The van der Waals surface area contributed by atoms with E-state index < -0.39 is 23.0 Å². The fourth-order valence-corrected chi connectivity index (χ4v) is 4.72. The van der Waals surface area contributed by atoms with Gasteiger partial charge in [0.1, 0.15) is 0 Å². The summed E-state index contributed by atoms with van der Waals surface area (Å²) in [5.74, 6) is -1.28. The summed E-state index contributed by atoms with van der Waals surface area (Å²) >= 11 is 0. The van der Waals surface area contributed by atoms with Crippen LogP contribution < -0.4 is 0 Å². The highest BCUT2D eigenvalue weighted by atomic mass is 16.7. The Labute approximate surface area is 143 Å². The highest BCUT2D eigenvalue weighted by Gasteiger charge is 2.65. The third-order valence-corrected chi connectivity index (χ3v) is 6.62. The number of rotatable bonds is 3. The third-order valence-electron chi connectivity index (χ3n) is 6.62. The molecule has 5 atom stereocenters. The minimum Gasteiger partial charge on any atom is -0.469 e. The molecule has 0 aromatic heterocycles. The molecule has 2 bridgehead atoms. The Bertz CT molecular complexity index is 529. The Hall–Kier alpha value is -1.08. The average molecular weight is 338 g/mol. The van der Waals surface area contributed by atoms with E-state index in [9.17, 15) is 9.59 Å². The topological polar surface area (TPSA) is 71.1 Å². The predicted octanol–water partition coefficient (Wildman–Crippen LogP) is 2.07. The van der Waals surface area contributed by atoms with Gasteiger partial charge < -0.3 is 18.8 Å². The molecule has 0 N–H and O–H groups in total. The van der Waals surface area contributed by atoms with Crippen molar-refractivity contribution in [3.8, 4) is 0 Å². The van der Waals surface area contributed by atoms with Crippen molar-refractivity contribution in [1.82, 2.24) is 0 Å². The van der Waals surface area contributed by atoms with E-state index in [1.54, 1.807) is 0 Å². The van der Waals surface area contributed by atoms with Crippen LogP contribution in [0.1, 0.15) is 40.5 Å². The largest absolute Gasteiger partial charge is 0.469 e. The maximum absolute atomic E-state index is 12.3. The SMILES string of the molecule is COC(=O)C1C2CC(B3OC(C)(C)C(C)(C)O3)C(C2)C1C(=O)OC. The van der Waals surface area contributed by atoms with Crippen molar-refractivity contribution < 1.29 is 28.4 Å². The second-order valence-electron chi connectivity index (χ2n) is 8.28. The third kappa shape index (κ3) is 2.48. The molecule has 3 rings (SSSR count). The van der Waals surface area contributed by atoms with E-state index in [0.29, 0.717) is 0 Å². The summed E-state index contributed by atoms with van der Waals surface area (Å²) in [5.41, 5.74) is -0.802. The maximum atomic E-state index is 12.3. The number of ether oxygens (including phenoxy) is 2. The molecule has 3 fully saturated rings. The highest BCUT2D eigenvalue weighted by Crippen LogP contribution is 2.61. The minimum absolute atomic E-state index is 0.0289. The minimum atomic E-state index is -0.467. The number of hydrogen-bond acceptors (Lipinski definition) is 6. The second-order valence-corrected chi connectivity index (χ2v) is 8.28. The van der Waals surface area contributed by atoms with E-state index in [-0.39, 0.29) is 36.7 Å². The molecule has 24 heavy (non-hydrogen) atoms. The van der Waals surface area contributed by atoms with Gasteiger partial charge >= 0.3 is 19.1 Å². The Morgan fingerprint density at radius 3 is 1.92 bits per heavy atom. The van der Waals surface area contributed by atoms with E-state index in [4.69, 9.17) is 18.8 Å². The molecule has 5 unspecified atom stereocenters. The van der Waals surface area contributed by atoms with Gasteiger partial charge in [0.05, 0.1) is 37.3 Å². The van der Waals surface area contributed by atoms with Crippen LogP contribution in [0.25, 0.3) is 0 Å². The van der Waals surface area contributed by atoms with Gasteiger partial charge in [0.2, 0.25) is 0 Å². The quantitative estimate of drug-likeness (QED) is 0.579. The van der Waals surface area contributed by atoms with Crippen LogP contribution in [0.4, 0.5) is 0 Å². The predicted molar refractivity (Wildman–Crippen MR) is 87.1 cm³/mol. The van der Waals surface area contributed by atoms with Crippen LogP contribution >= 0.6 is 0 Å². The van der Waals surface area contributed by atoms with Crippen molar-refractivity contribution >= 4 is 19.1 Å². The zero-order valence-corrected chi connectivity index (χ0v) is 15.3. The van der Waals surface area contributed by atoms with Crippen LogP contribution in [-0.2, 0) is 28.4 Å². The fourth-order valence-electron chi connectivity index (χ4n) is 4.72. The van der Waals surface area contributed by atoms with Crippen LogP contribution in [0.2, 0.25) is 5.82 Å². The number of carbonyl (C=O) groups is 2. The van der Waals surface area contributed by atoms with Gasteiger partial charge in [0.25, 0.3) is 0 Å². The van der Waals surface area contributed by atoms with Crippen molar-refractivity contribution in [3.63, 3.8) is 0 Å². The summed E-state index contributed by atoms with van der Waals surface area (Å²) in [7, 11) is 2.39. The van der Waals surface area contributed by atoms with E-state index in [1.165, 1.54) is 14.2 Å². The molecular weight excluding hydrogens is 311 g/mol. The lowest BCUT2D eigenvalue weighted by molar-refractivity contribution is -0.160. The summed E-state index contributed by atoms with van der Waals surface area (Å²) in [6, 6.07) is 0. The Kier molecular flexibility index (Phi) is 4.24. The number of carbonyl (C=O) groups excluding carboxylic acids is 2. The first-order valence-electron chi connectivity index (χ1n) is 8.64. The summed E-state index contributed by atoms with van der Waals surface area (Å²) in [5, 5.41) is 0. The molecule has 0 aromatic rings. The van der Waals surface area contributed by atoms with E-state index in [0.717, 1.165) is 12.8 Å². The van der Waals surface area contributed by atoms with Gasteiger partial charge in [0.15, 0.2) is 0 Å². The van der Waals surface area contributed by atoms with Crippen LogP contribution in [0.3, 0.4) is 0 Å². The van der Waals surface area contributed by atoms with E-state index in [1.807, 2.05) is 27.7 Å². The molecule has 6 nitrogen and oxygen atoms in total. The Morgan fingerprint density at radius 1 is 0.917 bits per heavy atom. The zero-order valence-electron chi connectivity index (χ0n) is 15.3. The first-order valence-corrected chi connectivity index (χ1v) is 8.64. The monoisotopic (exact) mass is 338 g/mol. The summed E-state index contributed by atoms with van der Waals surface area (Å²) in [4.78, 5) is 24.5. The average Bonchev–Trinajstić information content (AvgIpc) is 3.15. The van der Waals surface area contributed by atoms with Gasteiger partial charge in [-0.2, -0.15) is 0 Å². The normalized spacial score (nSPS) is 39.1. The van der Waals surface area contributed by atoms with Crippen molar-refractivity contribution in [3.05, 3.63) is 0 Å². The molecule has 7 heteroatoms. The molecular formula is C17H27BO6. The van der Waals surface area contributed by atoms with Gasteiger partial charge in [0, 0.05) is 0 Å². The van der Waals surface area contributed by atoms with E-state index in [2.05, 4.69) is 0 Å². The van der Waals surface area contributed by atoms with Crippen LogP contribution in [0, 0.1) is 23.7 Å².